The molecule has 0 aromatic carbocycles. The summed E-state index contributed by atoms with van der Waals surface area (Å²) in [5, 5.41) is 7.78. The highest BCUT2D eigenvalue weighted by Crippen LogP contribution is 2.40. The SMILES string of the molecule is CCc1cnc(N2CC[C@]3(C[C@@H](n4cnnc4)CO3)C2)nc1. The molecule has 0 amide bonds. The van der Waals surface area contributed by atoms with Crippen molar-refractivity contribution < 1.29 is 4.74 Å². The van der Waals surface area contributed by atoms with Crippen molar-refractivity contribution in [2.24, 2.45) is 0 Å². The second kappa shape index (κ2) is 5.31. The van der Waals surface area contributed by atoms with Crippen molar-refractivity contribution in [1.82, 2.24) is 24.7 Å². The molecule has 0 radical (unpaired) electrons. The zero-order chi connectivity index (χ0) is 15.0. The molecule has 2 fully saturated rings. The Kier molecular flexibility index (Phi) is 3.29. The van der Waals surface area contributed by atoms with Crippen molar-refractivity contribution in [3.63, 3.8) is 0 Å². The van der Waals surface area contributed by atoms with Gasteiger partial charge in [-0.1, -0.05) is 6.92 Å². The third kappa shape index (κ3) is 2.35. The van der Waals surface area contributed by atoms with Gasteiger partial charge in [-0.25, -0.2) is 9.97 Å². The summed E-state index contributed by atoms with van der Waals surface area (Å²) in [7, 11) is 0. The highest BCUT2D eigenvalue weighted by atomic mass is 16.5. The van der Waals surface area contributed by atoms with Gasteiger partial charge >= 0.3 is 0 Å². The molecule has 0 unspecified atom stereocenters. The fraction of sp³-hybridized carbons (Fsp3) is 0.600. The maximum Gasteiger partial charge on any atom is 0.225 e. The number of hydrogen-bond donors (Lipinski definition) is 0. The van der Waals surface area contributed by atoms with Crippen molar-refractivity contribution in [3.8, 4) is 0 Å². The van der Waals surface area contributed by atoms with E-state index in [0.29, 0.717) is 6.04 Å². The number of nitrogens with zero attached hydrogens (tertiary/aromatic N) is 6. The van der Waals surface area contributed by atoms with Crippen LogP contribution in [0.25, 0.3) is 0 Å². The molecule has 7 heteroatoms. The number of aromatic nitrogens is 5. The van der Waals surface area contributed by atoms with Crippen molar-refractivity contribution >= 4 is 5.95 Å². The molecule has 2 atom stereocenters. The quantitative estimate of drug-likeness (QED) is 0.849. The number of aryl methyl sites for hydroxylation is 1. The van der Waals surface area contributed by atoms with Crippen molar-refractivity contribution in [2.75, 3.05) is 24.6 Å². The molecule has 22 heavy (non-hydrogen) atoms. The van der Waals surface area contributed by atoms with E-state index in [0.717, 1.165) is 44.9 Å². The van der Waals surface area contributed by atoms with Gasteiger partial charge in [-0.15, -0.1) is 10.2 Å². The van der Waals surface area contributed by atoms with Crippen LogP contribution >= 0.6 is 0 Å². The molecule has 0 N–H and O–H groups in total. The summed E-state index contributed by atoms with van der Waals surface area (Å²) in [4.78, 5) is 11.2. The Labute approximate surface area is 129 Å². The van der Waals surface area contributed by atoms with Gasteiger partial charge in [0.2, 0.25) is 5.95 Å². The van der Waals surface area contributed by atoms with Crippen molar-refractivity contribution in [1.29, 1.82) is 0 Å². The summed E-state index contributed by atoms with van der Waals surface area (Å²) in [5.74, 6) is 0.811. The van der Waals surface area contributed by atoms with Crippen molar-refractivity contribution in [3.05, 3.63) is 30.6 Å². The van der Waals surface area contributed by atoms with E-state index in [2.05, 4.69) is 32.0 Å². The molecular weight excluding hydrogens is 280 g/mol. The van der Waals surface area contributed by atoms with Crippen LogP contribution in [-0.2, 0) is 11.2 Å². The molecule has 2 aromatic heterocycles. The third-order valence-electron chi connectivity index (χ3n) is 4.75. The number of anilines is 1. The van der Waals surface area contributed by atoms with E-state index in [-0.39, 0.29) is 5.60 Å². The molecule has 2 aliphatic rings. The number of rotatable bonds is 3. The Morgan fingerprint density at radius 1 is 1.27 bits per heavy atom. The summed E-state index contributed by atoms with van der Waals surface area (Å²) in [6, 6.07) is 0.332. The Morgan fingerprint density at radius 2 is 2.05 bits per heavy atom. The average Bonchev–Trinajstić information content (AvgIpc) is 3.29. The number of hydrogen-bond acceptors (Lipinski definition) is 6. The first-order chi connectivity index (χ1) is 10.8. The summed E-state index contributed by atoms with van der Waals surface area (Å²) in [5.41, 5.74) is 1.09. The minimum atomic E-state index is -0.0816. The van der Waals surface area contributed by atoms with E-state index in [1.54, 1.807) is 12.7 Å². The van der Waals surface area contributed by atoms with E-state index in [1.165, 1.54) is 5.56 Å². The van der Waals surface area contributed by atoms with Gasteiger partial charge in [-0.2, -0.15) is 0 Å². The van der Waals surface area contributed by atoms with Crippen LogP contribution in [0.1, 0.15) is 31.4 Å². The molecular formula is C15H20N6O. The maximum absolute atomic E-state index is 6.16. The lowest BCUT2D eigenvalue weighted by molar-refractivity contribution is 0.0219. The van der Waals surface area contributed by atoms with Crippen LogP contribution in [0.15, 0.2) is 25.0 Å². The van der Waals surface area contributed by atoms with E-state index < -0.39 is 0 Å². The molecule has 1 spiro atoms. The fourth-order valence-electron chi connectivity index (χ4n) is 3.40. The van der Waals surface area contributed by atoms with Crippen LogP contribution in [0, 0.1) is 0 Å². The maximum atomic E-state index is 6.16. The predicted octanol–water partition coefficient (Wildman–Crippen LogP) is 1.24. The lowest BCUT2D eigenvalue weighted by Gasteiger charge is -2.23. The Bertz CT molecular complexity index is 628. The molecule has 2 saturated heterocycles. The topological polar surface area (TPSA) is 69.0 Å². The summed E-state index contributed by atoms with van der Waals surface area (Å²) < 4.78 is 8.21. The molecule has 116 valence electrons. The summed E-state index contributed by atoms with van der Waals surface area (Å²) >= 11 is 0. The fourth-order valence-corrected chi connectivity index (χ4v) is 3.40. The molecule has 4 rings (SSSR count). The van der Waals surface area contributed by atoms with Crippen molar-refractivity contribution in [2.45, 2.75) is 37.8 Å². The van der Waals surface area contributed by atoms with E-state index >= 15 is 0 Å². The third-order valence-corrected chi connectivity index (χ3v) is 4.75. The van der Waals surface area contributed by atoms with Gasteiger partial charge in [0.1, 0.15) is 12.7 Å². The molecule has 4 heterocycles. The summed E-state index contributed by atoms with van der Waals surface area (Å²) in [6.45, 7) is 4.64. The molecule has 2 aliphatic heterocycles. The lowest BCUT2D eigenvalue weighted by atomic mass is 9.97. The zero-order valence-corrected chi connectivity index (χ0v) is 12.7. The van der Waals surface area contributed by atoms with E-state index in [4.69, 9.17) is 4.74 Å². The molecule has 0 saturated carbocycles. The van der Waals surface area contributed by atoms with E-state index in [9.17, 15) is 0 Å². The minimum Gasteiger partial charge on any atom is -0.371 e. The second-order valence-corrected chi connectivity index (χ2v) is 6.18. The van der Waals surface area contributed by atoms with Crippen LogP contribution in [0.2, 0.25) is 0 Å². The van der Waals surface area contributed by atoms with Crippen LogP contribution < -0.4 is 4.90 Å². The van der Waals surface area contributed by atoms with Gasteiger partial charge in [0, 0.05) is 25.4 Å². The normalized spacial score (nSPS) is 27.9. The second-order valence-electron chi connectivity index (χ2n) is 6.18. The number of ether oxygens (including phenoxy) is 1. The summed E-state index contributed by atoms with van der Waals surface area (Å²) in [6.07, 6.45) is 10.4. The van der Waals surface area contributed by atoms with Gasteiger partial charge in [-0.05, 0) is 18.4 Å². The first kappa shape index (κ1) is 13.6. The van der Waals surface area contributed by atoms with Gasteiger partial charge in [0.05, 0.1) is 24.8 Å². The van der Waals surface area contributed by atoms with Gasteiger partial charge in [0.25, 0.3) is 0 Å². The largest absolute Gasteiger partial charge is 0.371 e. The van der Waals surface area contributed by atoms with Crippen LogP contribution in [0.5, 0.6) is 0 Å². The molecule has 0 aliphatic carbocycles. The van der Waals surface area contributed by atoms with E-state index in [1.807, 2.05) is 17.0 Å². The van der Waals surface area contributed by atoms with Gasteiger partial charge in [-0.3, -0.25) is 0 Å². The Hall–Kier alpha value is -2.02. The highest BCUT2D eigenvalue weighted by molar-refractivity contribution is 5.34. The first-order valence-corrected chi connectivity index (χ1v) is 7.82. The molecule has 2 aromatic rings. The monoisotopic (exact) mass is 300 g/mol. The van der Waals surface area contributed by atoms with Gasteiger partial charge in [0.15, 0.2) is 0 Å². The smallest absolute Gasteiger partial charge is 0.225 e. The average molecular weight is 300 g/mol. The zero-order valence-electron chi connectivity index (χ0n) is 12.7. The van der Waals surface area contributed by atoms with Crippen LogP contribution in [-0.4, -0.2) is 50.0 Å². The predicted molar refractivity (Wildman–Crippen MR) is 80.6 cm³/mol. The Balaban J connectivity index is 1.45. The lowest BCUT2D eigenvalue weighted by Crippen LogP contribution is -2.33. The molecule has 7 nitrogen and oxygen atoms in total. The molecule has 0 bridgehead atoms. The van der Waals surface area contributed by atoms with Gasteiger partial charge < -0.3 is 14.2 Å². The van der Waals surface area contributed by atoms with Crippen LogP contribution in [0.4, 0.5) is 5.95 Å². The Morgan fingerprint density at radius 3 is 2.77 bits per heavy atom. The first-order valence-electron chi connectivity index (χ1n) is 7.82. The highest BCUT2D eigenvalue weighted by Gasteiger charge is 2.46. The minimum absolute atomic E-state index is 0.0816. The van der Waals surface area contributed by atoms with Crippen LogP contribution in [0.3, 0.4) is 0 Å². The standard InChI is InChI=1S/C15H20N6O/c1-2-12-6-16-14(17-7-12)20-4-3-15(9-20)5-13(8-22-15)21-10-18-19-11-21/h6-7,10-11,13H,2-5,8-9H2,1H3/t13-,15+/m1/s1.